The smallest absolute Gasteiger partial charge is 0.291 e. The number of likely N-dealkylation sites (tertiary alicyclic amines) is 1. The lowest BCUT2D eigenvalue weighted by Gasteiger charge is -2.22. The number of nitrogens with zero attached hydrogens (tertiary/aromatic N) is 2. The molecule has 0 radical (unpaired) electrons. The molecular formula is C12H19Cl2N3O2. The molecule has 19 heavy (non-hydrogen) atoms. The van der Waals surface area contributed by atoms with Gasteiger partial charge in [0, 0.05) is 25.0 Å². The Morgan fingerprint density at radius 2 is 2.26 bits per heavy atom. The van der Waals surface area contributed by atoms with Gasteiger partial charge in [0.15, 0.2) is 6.39 Å². The number of rotatable bonds is 1. The van der Waals surface area contributed by atoms with Gasteiger partial charge in [-0.1, -0.05) is 0 Å². The van der Waals surface area contributed by atoms with Gasteiger partial charge in [-0.25, -0.2) is 4.98 Å². The third-order valence-electron chi connectivity index (χ3n) is 4.00. The van der Waals surface area contributed by atoms with Crippen LogP contribution in [0.25, 0.3) is 0 Å². The molecule has 2 saturated heterocycles. The maximum atomic E-state index is 12.2. The molecule has 1 spiro atoms. The van der Waals surface area contributed by atoms with E-state index in [1.54, 1.807) is 6.92 Å². The number of oxazole rings is 1. The van der Waals surface area contributed by atoms with Gasteiger partial charge >= 0.3 is 0 Å². The molecule has 108 valence electrons. The summed E-state index contributed by atoms with van der Waals surface area (Å²) in [7, 11) is 0. The first-order valence-corrected chi connectivity index (χ1v) is 6.10. The van der Waals surface area contributed by atoms with E-state index in [2.05, 4.69) is 10.3 Å². The average Bonchev–Trinajstić information content (AvgIpc) is 3.02. The Bertz CT molecular complexity index is 444. The molecule has 7 heteroatoms. The first kappa shape index (κ1) is 16.3. The van der Waals surface area contributed by atoms with Crippen molar-refractivity contribution in [3.63, 3.8) is 0 Å². The van der Waals surface area contributed by atoms with E-state index in [9.17, 15) is 4.79 Å². The summed E-state index contributed by atoms with van der Waals surface area (Å²) >= 11 is 0. The molecule has 0 bridgehead atoms. The van der Waals surface area contributed by atoms with Crippen molar-refractivity contribution in [1.29, 1.82) is 0 Å². The van der Waals surface area contributed by atoms with Gasteiger partial charge in [0.1, 0.15) is 0 Å². The number of halogens is 2. The second-order valence-corrected chi connectivity index (χ2v) is 5.17. The summed E-state index contributed by atoms with van der Waals surface area (Å²) in [6, 6.07) is 0. The zero-order valence-corrected chi connectivity index (χ0v) is 12.5. The normalized spacial score (nSPS) is 25.2. The molecule has 1 amide bonds. The monoisotopic (exact) mass is 307 g/mol. The van der Waals surface area contributed by atoms with Crippen LogP contribution in [0.5, 0.6) is 0 Å². The Balaban J connectivity index is 0.000000902. The van der Waals surface area contributed by atoms with Gasteiger partial charge in [0.2, 0.25) is 5.76 Å². The molecule has 5 nitrogen and oxygen atoms in total. The number of nitrogens with one attached hydrogen (secondary N) is 1. The molecule has 0 saturated carbocycles. The molecule has 2 aliphatic heterocycles. The summed E-state index contributed by atoms with van der Waals surface area (Å²) in [5.74, 6) is 0.386. The third kappa shape index (κ3) is 2.88. The van der Waals surface area contributed by atoms with Crippen molar-refractivity contribution in [2.45, 2.75) is 19.8 Å². The Morgan fingerprint density at radius 3 is 2.84 bits per heavy atom. The predicted octanol–water partition coefficient (Wildman–Crippen LogP) is 1.65. The highest BCUT2D eigenvalue weighted by Gasteiger charge is 2.42. The fraction of sp³-hybridized carbons (Fsp3) is 0.667. The van der Waals surface area contributed by atoms with Crippen LogP contribution >= 0.6 is 24.8 Å². The van der Waals surface area contributed by atoms with E-state index in [0.29, 0.717) is 16.9 Å². The molecular weight excluding hydrogens is 289 g/mol. The highest BCUT2D eigenvalue weighted by molar-refractivity contribution is 5.92. The van der Waals surface area contributed by atoms with Crippen LogP contribution in [0.15, 0.2) is 10.8 Å². The maximum absolute atomic E-state index is 12.2. The van der Waals surface area contributed by atoms with E-state index in [0.717, 1.165) is 32.6 Å². The lowest BCUT2D eigenvalue weighted by atomic mass is 9.87. The van der Waals surface area contributed by atoms with Crippen LogP contribution < -0.4 is 5.32 Å². The van der Waals surface area contributed by atoms with E-state index in [1.165, 1.54) is 12.8 Å². The van der Waals surface area contributed by atoms with E-state index in [1.807, 2.05) is 4.90 Å². The minimum Gasteiger partial charge on any atom is -0.438 e. The summed E-state index contributed by atoms with van der Waals surface area (Å²) < 4.78 is 5.17. The van der Waals surface area contributed by atoms with Crippen LogP contribution in [0.4, 0.5) is 0 Å². The quantitative estimate of drug-likeness (QED) is 0.857. The molecule has 1 aromatic rings. The summed E-state index contributed by atoms with van der Waals surface area (Å²) in [4.78, 5) is 18.1. The minimum absolute atomic E-state index is 0. The second kappa shape index (κ2) is 6.11. The van der Waals surface area contributed by atoms with Crippen molar-refractivity contribution >= 4 is 30.7 Å². The first-order chi connectivity index (χ1) is 8.20. The van der Waals surface area contributed by atoms with Gasteiger partial charge in [-0.05, 0) is 26.3 Å². The lowest BCUT2D eigenvalue weighted by Crippen LogP contribution is -2.33. The number of aromatic nitrogens is 1. The molecule has 1 unspecified atom stereocenters. The second-order valence-electron chi connectivity index (χ2n) is 5.17. The molecule has 1 atom stereocenters. The Labute approximate surface area is 124 Å². The number of aryl methyl sites for hydroxylation is 1. The number of hydrogen-bond donors (Lipinski definition) is 1. The van der Waals surface area contributed by atoms with Crippen molar-refractivity contribution in [3.8, 4) is 0 Å². The van der Waals surface area contributed by atoms with E-state index < -0.39 is 0 Å². The van der Waals surface area contributed by atoms with Crippen molar-refractivity contribution in [1.82, 2.24) is 15.2 Å². The number of amides is 1. The largest absolute Gasteiger partial charge is 0.438 e. The minimum atomic E-state index is -0.0104. The summed E-state index contributed by atoms with van der Waals surface area (Å²) in [5, 5.41) is 3.39. The molecule has 0 aliphatic carbocycles. The molecule has 2 aliphatic rings. The topological polar surface area (TPSA) is 58.4 Å². The van der Waals surface area contributed by atoms with Gasteiger partial charge in [-0.15, -0.1) is 24.8 Å². The molecule has 3 heterocycles. The number of carbonyl (C=O) groups is 1. The van der Waals surface area contributed by atoms with Crippen LogP contribution in [0, 0.1) is 12.3 Å². The zero-order chi connectivity index (χ0) is 11.9. The lowest BCUT2D eigenvalue weighted by molar-refractivity contribution is 0.0743. The average molecular weight is 308 g/mol. The highest BCUT2D eigenvalue weighted by atomic mass is 35.5. The van der Waals surface area contributed by atoms with Crippen LogP contribution in [-0.2, 0) is 0 Å². The van der Waals surface area contributed by atoms with Crippen molar-refractivity contribution < 1.29 is 9.21 Å². The van der Waals surface area contributed by atoms with Crippen molar-refractivity contribution in [2.75, 3.05) is 26.2 Å². The third-order valence-corrected chi connectivity index (χ3v) is 4.00. The van der Waals surface area contributed by atoms with Gasteiger partial charge in [0.05, 0.1) is 5.69 Å². The van der Waals surface area contributed by atoms with Crippen molar-refractivity contribution in [3.05, 3.63) is 17.8 Å². The molecule has 3 rings (SSSR count). The molecule has 1 N–H and O–H groups in total. The number of carbonyl (C=O) groups excluding carboxylic acids is 1. The fourth-order valence-corrected chi connectivity index (χ4v) is 2.90. The Kier molecular flexibility index (Phi) is 5.24. The SMILES string of the molecule is Cc1ncoc1C(=O)N1CCC2(CCNC2)C1.Cl.Cl. The van der Waals surface area contributed by atoms with E-state index in [4.69, 9.17) is 4.42 Å². The fourth-order valence-electron chi connectivity index (χ4n) is 2.90. The van der Waals surface area contributed by atoms with Crippen molar-refractivity contribution in [2.24, 2.45) is 5.41 Å². The molecule has 0 aromatic carbocycles. The Morgan fingerprint density at radius 1 is 1.47 bits per heavy atom. The summed E-state index contributed by atoms with van der Waals surface area (Å²) in [6.45, 7) is 5.59. The van der Waals surface area contributed by atoms with Crippen LogP contribution in [0.2, 0.25) is 0 Å². The molecule has 2 fully saturated rings. The summed E-state index contributed by atoms with van der Waals surface area (Å²) in [5.41, 5.74) is 0.990. The Hall–Kier alpha value is -0.780. The standard InChI is InChI=1S/C12H17N3O2.2ClH/c1-9-10(17-8-14-9)11(16)15-5-3-12(7-15)2-4-13-6-12;;/h8,13H,2-7H2,1H3;2*1H. The van der Waals surface area contributed by atoms with Gasteiger partial charge in [-0.3, -0.25) is 4.79 Å². The number of hydrogen-bond acceptors (Lipinski definition) is 4. The van der Waals surface area contributed by atoms with Gasteiger partial charge in [0.25, 0.3) is 5.91 Å². The van der Waals surface area contributed by atoms with Crippen LogP contribution in [0.3, 0.4) is 0 Å². The molecule has 1 aromatic heterocycles. The maximum Gasteiger partial charge on any atom is 0.291 e. The van der Waals surface area contributed by atoms with Gasteiger partial charge < -0.3 is 14.6 Å². The zero-order valence-electron chi connectivity index (χ0n) is 10.8. The first-order valence-electron chi connectivity index (χ1n) is 6.10. The highest BCUT2D eigenvalue weighted by Crippen LogP contribution is 2.36. The van der Waals surface area contributed by atoms with E-state index in [-0.39, 0.29) is 30.7 Å². The van der Waals surface area contributed by atoms with E-state index >= 15 is 0 Å². The van der Waals surface area contributed by atoms with Crippen LogP contribution in [0.1, 0.15) is 29.1 Å². The van der Waals surface area contributed by atoms with Gasteiger partial charge in [-0.2, -0.15) is 0 Å². The summed E-state index contributed by atoms with van der Waals surface area (Å²) in [6.07, 6.45) is 3.61. The predicted molar refractivity (Wildman–Crippen MR) is 76.2 cm³/mol. The van der Waals surface area contributed by atoms with Crippen LogP contribution in [-0.4, -0.2) is 42.0 Å².